The number of hydrogen-bond donors (Lipinski definition) is 2. The molecule has 2 atom stereocenters. The van der Waals surface area contributed by atoms with Crippen LogP contribution in [-0.4, -0.2) is 34.5 Å². The summed E-state index contributed by atoms with van der Waals surface area (Å²) in [5.74, 6) is -1.46. The van der Waals surface area contributed by atoms with Crippen LogP contribution < -0.4 is 5.32 Å². The molecule has 92 valence electrons. The minimum Gasteiger partial charge on any atom is -0.480 e. The first kappa shape index (κ1) is 13.4. The number of amides is 1. The molecule has 0 bridgehead atoms. The molecule has 2 unspecified atom stereocenters. The Morgan fingerprint density at radius 3 is 2.50 bits per heavy atom. The van der Waals surface area contributed by atoms with Gasteiger partial charge in [0, 0.05) is 11.3 Å². The van der Waals surface area contributed by atoms with E-state index in [0.717, 1.165) is 19.3 Å². The number of hydrogen-bond acceptors (Lipinski definition) is 3. The molecule has 1 aliphatic carbocycles. The van der Waals surface area contributed by atoms with Gasteiger partial charge in [-0.1, -0.05) is 6.42 Å². The van der Waals surface area contributed by atoms with E-state index < -0.39 is 11.4 Å². The normalized spacial score (nSPS) is 25.4. The molecule has 16 heavy (non-hydrogen) atoms. The second-order valence-corrected chi connectivity index (χ2v) is 5.79. The van der Waals surface area contributed by atoms with E-state index in [4.69, 9.17) is 5.11 Å². The maximum absolute atomic E-state index is 11.8. The Labute approximate surface area is 100 Å². The number of aliphatic carboxylic acids is 1. The molecule has 0 aliphatic heterocycles. The number of carboxylic acids is 1. The molecule has 0 heterocycles. The molecule has 0 aromatic heterocycles. The van der Waals surface area contributed by atoms with Crippen molar-refractivity contribution in [2.45, 2.75) is 44.4 Å². The summed E-state index contributed by atoms with van der Waals surface area (Å²) in [4.78, 5) is 22.7. The molecule has 1 aliphatic rings. The van der Waals surface area contributed by atoms with Gasteiger partial charge >= 0.3 is 5.97 Å². The lowest BCUT2D eigenvalue weighted by Gasteiger charge is -2.24. The predicted octanol–water partition coefficient (Wildman–Crippen LogP) is 1.50. The smallest absolute Gasteiger partial charge is 0.318 e. The maximum Gasteiger partial charge on any atom is 0.318 e. The number of thioether (sulfide) groups is 1. The Hall–Kier alpha value is -0.710. The van der Waals surface area contributed by atoms with E-state index in [0.29, 0.717) is 5.25 Å². The van der Waals surface area contributed by atoms with Gasteiger partial charge in [0.2, 0.25) is 5.91 Å². The summed E-state index contributed by atoms with van der Waals surface area (Å²) in [5.41, 5.74) is -1.34. The highest BCUT2D eigenvalue weighted by atomic mass is 32.2. The average Bonchev–Trinajstić information content (AvgIpc) is 2.64. The van der Waals surface area contributed by atoms with Gasteiger partial charge in [-0.3, -0.25) is 9.59 Å². The van der Waals surface area contributed by atoms with Gasteiger partial charge in [0.05, 0.1) is 0 Å². The largest absolute Gasteiger partial charge is 0.480 e. The first-order valence-electron chi connectivity index (χ1n) is 5.46. The van der Waals surface area contributed by atoms with Crippen LogP contribution in [0.1, 0.15) is 33.1 Å². The van der Waals surface area contributed by atoms with E-state index in [9.17, 15) is 9.59 Å². The van der Waals surface area contributed by atoms with E-state index >= 15 is 0 Å². The minimum atomic E-state index is -1.34. The molecule has 1 saturated carbocycles. The molecule has 1 fully saturated rings. The van der Waals surface area contributed by atoms with Gasteiger partial charge in [-0.2, -0.15) is 11.8 Å². The molecule has 1 amide bonds. The van der Waals surface area contributed by atoms with Gasteiger partial charge < -0.3 is 10.4 Å². The zero-order valence-corrected chi connectivity index (χ0v) is 10.8. The van der Waals surface area contributed by atoms with Crippen LogP contribution in [0.25, 0.3) is 0 Å². The Bertz CT molecular complexity index is 291. The highest BCUT2D eigenvalue weighted by Crippen LogP contribution is 2.29. The molecule has 0 aromatic carbocycles. The molecular formula is C11H19NO3S. The molecule has 4 nitrogen and oxygen atoms in total. The summed E-state index contributed by atoms with van der Waals surface area (Å²) in [7, 11) is 0. The number of carbonyl (C=O) groups is 2. The summed E-state index contributed by atoms with van der Waals surface area (Å²) < 4.78 is 0. The zero-order valence-electron chi connectivity index (χ0n) is 9.95. The van der Waals surface area contributed by atoms with Crippen LogP contribution >= 0.6 is 11.8 Å². The van der Waals surface area contributed by atoms with E-state index in [-0.39, 0.29) is 11.9 Å². The van der Waals surface area contributed by atoms with Gasteiger partial charge in [0.25, 0.3) is 0 Å². The monoisotopic (exact) mass is 245 g/mol. The van der Waals surface area contributed by atoms with Crippen LogP contribution in [0.4, 0.5) is 0 Å². The van der Waals surface area contributed by atoms with Crippen molar-refractivity contribution in [1.29, 1.82) is 0 Å². The second kappa shape index (κ2) is 5.08. The summed E-state index contributed by atoms with van der Waals surface area (Å²) in [6.07, 6.45) is 5.17. The van der Waals surface area contributed by atoms with Crippen molar-refractivity contribution in [2.24, 2.45) is 5.41 Å². The molecule has 5 heteroatoms. The average molecular weight is 245 g/mol. The van der Waals surface area contributed by atoms with E-state index in [1.54, 1.807) is 11.8 Å². The summed E-state index contributed by atoms with van der Waals surface area (Å²) in [5, 5.41) is 12.2. The Kier molecular flexibility index (Phi) is 4.24. The predicted molar refractivity (Wildman–Crippen MR) is 64.5 cm³/mol. The fourth-order valence-electron chi connectivity index (χ4n) is 1.82. The lowest BCUT2D eigenvalue weighted by Crippen LogP contribution is -2.48. The van der Waals surface area contributed by atoms with Crippen LogP contribution in [0.3, 0.4) is 0 Å². The number of nitrogens with one attached hydrogen (secondary N) is 1. The Morgan fingerprint density at radius 2 is 2.00 bits per heavy atom. The Balaban J connectivity index is 2.60. The SMILES string of the molecule is CSC1CCCC1NC(=O)C(C)(C)C(=O)O. The third-order valence-electron chi connectivity index (χ3n) is 3.17. The molecular weight excluding hydrogens is 226 g/mol. The lowest BCUT2D eigenvalue weighted by atomic mass is 9.92. The first-order chi connectivity index (χ1) is 7.39. The standard InChI is InChI=1S/C11H19NO3S/c1-11(2,10(14)15)9(13)12-7-5-4-6-8(7)16-3/h7-8H,4-6H2,1-3H3,(H,12,13)(H,14,15). The fourth-order valence-corrected chi connectivity index (χ4v) is 2.75. The van der Waals surface area contributed by atoms with E-state index in [2.05, 4.69) is 5.32 Å². The zero-order chi connectivity index (χ0) is 12.3. The molecule has 2 N–H and O–H groups in total. The van der Waals surface area contributed by atoms with Crippen molar-refractivity contribution in [3.63, 3.8) is 0 Å². The van der Waals surface area contributed by atoms with Crippen molar-refractivity contribution in [2.75, 3.05) is 6.26 Å². The van der Waals surface area contributed by atoms with Gasteiger partial charge in [-0.05, 0) is 32.9 Å². The number of carbonyl (C=O) groups excluding carboxylic acids is 1. The molecule has 1 rings (SSSR count). The van der Waals surface area contributed by atoms with Crippen LogP contribution in [0.2, 0.25) is 0 Å². The Morgan fingerprint density at radius 1 is 1.38 bits per heavy atom. The summed E-state index contributed by atoms with van der Waals surface area (Å²) in [6.45, 7) is 2.88. The summed E-state index contributed by atoms with van der Waals surface area (Å²) in [6, 6.07) is 0.126. The van der Waals surface area contributed by atoms with Crippen LogP contribution in [-0.2, 0) is 9.59 Å². The van der Waals surface area contributed by atoms with Crippen molar-refractivity contribution < 1.29 is 14.7 Å². The van der Waals surface area contributed by atoms with Crippen molar-refractivity contribution in [3.8, 4) is 0 Å². The topological polar surface area (TPSA) is 66.4 Å². The third kappa shape index (κ3) is 2.70. The minimum absolute atomic E-state index is 0.126. The van der Waals surface area contributed by atoms with Crippen molar-refractivity contribution >= 4 is 23.6 Å². The van der Waals surface area contributed by atoms with Gasteiger partial charge in [-0.15, -0.1) is 0 Å². The van der Waals surface area contributed by atoms with Crippen molar-refractivity contribution in [1.82, 2.24) is 5.32 Å². The molecule has 0 spiro atoms. The summed E-state index contributed by atoms with van der Waals surface area (Å²) >= 11 is 1.74. The maximum atomic E-state index is 11.8. The van der Waals surface area contributed by atoms with Crippen LogP contribution in [0.15, 0.2) is 0 Å². The van der Waals surface area contributed by atoms with E-state index in [1.807, 2.05) is 6.26 Å². The fraction of sp³-hybridized carbons (Fsp3) is 0.818. The second-order valence-electron chi connectivity index (χ2n) is 4.72. The highest BCUT2D eigenvalue weighted by Gasteiger charge is 2.38. The van der Waals surface area contributed by atoms with Gasteiger partial charge in [0.15, 0.2) is 0 Å². The molecule has 0 radical (unpaired) electrons. The highest BCUT2D eigenvalue weighted by molar-refractivity contribution is 7.99. The quantitative estimate of drug-likeness (QED) is 0.737. The molecule has 0 aromatic rings. The van der Waals surface area contributed by atoms with Gasteiger partial charge in [-0.25, -0.2) is 0 Å². The molecule has 0 saturated heterocycles. The van der Waals surface area contributed by atoms with Gasteiger partial charge in [0.1, 0.15) is 5.41 Å². The third-order valence-corrected chi connectivity index (χ3v) is 4.34. The van der Waals surface area contributed by atoms with Crippen LogP contribution in [0.5, 0.6) is 0 Å². The number of rotatable bonds is 4. The van der Waals surface area contributed by atoms with E-state index in [1.165, 1.54) is 13.8 Å². The number of carboxylic acid groups (broad SMARTS) is 1. The van der Waals surface area contributed by atoms with Crippen molar-refractivity contribution in [3.05, 3.63) is 0 Å². The van der Waals surface area contributed by atoms with Crippen LogP contribution in [0, 0.1) is 5.41 Å². The first-order valence-corrected chi connectivity index (χ1v) is 6.75. The lowest BCUT2D eigenvalue weighted by molar-refractivity contribution is -0.153.